The van der Waals surface area contributed by atoms with Gasteiger partial charge in [-0.25, -0.2) is 4.98 Å². The van der Waals surface area contributed by atoms with Gasteiger partial charge in [0, 0.05) is 21.6 Å². The van der Waals surface area contributed by atoms with Crippen LogP contribution in [0.15, 0.2) is 40.3 Å². The second-order valence-corrected chi connectivity index (χ2v) is 5.47. The quantitative estimate of drug-likeness (QED) is 0.824. The minimum Gasteiger partial charge on any atom is -0.308 e. The van der Waals surface area contributed by atoms with Crippen LogP contribution in [0.1, 0.15) is 10.4 Å². The predicted molar refractivity (Wildman–Crippen MR) is 79.9 cm³/mol. The van der Waals surface area contributed by atoms with Crippen LogP contribution in [0.4, 0.5) is 5.13 Å². The minimum atomic E-state index is -0.259. The maximum atomic E-state index is 11.9. The Balaban J connectivity index is 1.97. The second-order valence-electron chi connectivity index (χ2n) is 3.26. The van der Waals surface area contributed by atoms with Gasteiger partial charge in [-0.05, 0) is 30.4 Å². The number of benzene rings is 1. The van der Waals surface area contributed by atoms with Gasteiger partial charge in [0.15, 0.2) is 10.2 Å². The van der Waals surface area contributed by atoms with Crippen LogP contribution in [-0.2, 0) is 0 Å². The van der Waals surface area contributed by atoms with Crippen LogP contribution in [0.2, 0.25) is 0 Å². The predicted octanol–water partition coefficient (Wildman–Crippen LogP) is 3.03. The average molecular weight is 342 g/mol. The summed E-state index contributed by atoms with van der Waals surface area (Å²) in [7, 11) is 0. The number of carbonyl (C=O) groups excluding carboxylic acids is 1. The molecule has 1 aromatic heterocycles. The highest BCUT2D eigenvalue weighted by atomic mass is 79.9. The van der Waals surface area contributed by atoms with Gasteiger partial charge in [-0.15, -0.1) is 11.3 Å². The largest absolute Gasteiger partial charge is 0.308 e. The van der Waals surface area contributed by atoms with Crippen molar-refractivity contribution in [2.75, 3.05) is 5.32 Å². The normalized spacial score (nSPS) is 9.83. The number of aromatic nitrogens is 1. The fraction of sp³-hybridized carbons (Fsp3) is 0. The third-order valence-corrected chi connectivity index (χ3v) is 3.35. The highest BCUT2D eigenvalue weighted by Gasteiger charge is 2.08. The third-order valence-electron chi connectivity index (χ3n) is 1.97. The van der Waals surface area contributed by atoms with Gasteiger partial charge in [-0.2, -0.15) is 0 Å². The molecule has 2 N–H and O–H groups in total. The van der Waals surface area contributed by atoms with Crippen LogP contribution in [-0.4, -0.2) is 16.0 Å². The maximum Gasteiger partial charge on any atom is 0.257 e. The number of rotatable bonds is 2. The van der Waals surface area contributed by atoms with Gasteiger partial charge < -0.3 is 5.32 Å². The smallest absolute Gasteiger partial charge is 0.257 e. The first-order chi connectivity index (χ1) is 8.65. The number of nitrogens with one attached hydrogen (secondary N) is 2. The molecule has 0 bridgehead atoms. The zero-order valence-electron chi connectivity index (χ0n) is 9.01. The first-order valence-electron chi connectivity index (χ1n) is 4.92. The number of hydrogen-bond acceptors (Lipinski definition) is 4. The van der Waals surface area contributed by atoms with E-state index in [1.807, 2.05) is 11.4 Å². The highest BCUT2D eigenvalue weighted by molar-refractivity contribution is 9.10. The summed E-state index contributed by atoms with van der Waals surface area (Å²) >= 11 is 9.74. The topological polar surface area (TPSA) is 54.0 Å². The van der Waals surface area contributed by atoms with E-state index in [2.05, 4.69) is 31.5 Å². The van der Waals surface area contributed by atoms with Crippen LogP contribution < -0.4 is 10.6 Å². The number of thiocarbonyl (C=S) groups is 1. The SMILES string of the molecule is O=C(NC(=S)Nc1nccs1)c1cccc(Br)c1. The molecule has 0 saturated heterocycles. The Bertz CT molecular complexity index is 571. The molecule has 92 valence electrons. The number of anilines is 1. The zero-order valence-corrected chi connectivity index (χ0v) is 12.2. The summed E-state index contributed by atoms with van der Waals surface area (Å²) in [5.74, 6) is -0.259. The van der Waals surface area contributed by atoms with Gasteiger partial charge in [0.1, 0.15) is 0 Å². The zero-order chi connectivity index (χ0) is 13.0. The average Bonchev–Trinajstić information content (AvgIpc) is 2.81. The molecule has 1 amide bonds. The molecule has 18 heavy (non-hydrogen) atoms. The Hall–Kier alpha value is -1.31. The van der Waals surface area contributed by atoms with Crippen molar-refractivity contribution in [1.29, 1.82) is 0 Å². The van der Waals surface area contributed by atoms with E-state index >= 15 is 0 Å². The van der Waals surface area contributed by atoms with Crippen LogP contribution in [0.3, 0.4) is 0 Å². The van der Waals surface area contributed by atoms with E-state index in [0.717, 1.165) is 4.47 Å². The number of hydrogen-bond donors (Lipinski definition) is 2. The summed E-state index contributed by atoms with van der Waals surface area (Å²) in [5, 5.41) is 8.12. The lowest BCUT2D eigenvalue weighted by atomic mass is 10.2. The van der Waals surface area contributed by atoms with Crippen molar-refractivity contribution in [3.8, 4) is 0 Å². The number of halogens is 1. The summed E-state index contributed by atoms with van der Waals surface area (Å²) in [4.78, 5) is 15.9. The van der Waals surface area contributed by atoms with Crippen molar-refractivity contribution in [2.24, 2.45) is 0 Å². The highest BCUT2D eigenvalue weighted by Crippen LogP contribution is 2.12. The van der Waals surface area contributed by atoms with Gasteiger partial charge in [0.05, 0.1) is 0 Å². The molecule has 0 saturated carbocycles. The Labute approximate surface area is 122 Å². The number of carbonyl (C=O) groups is 1. The molecule has 0 spiro atoms. The number of nitrogens with zero attached hydrogens (tertiary/aromatic N) is 1. The Morgan fingerprint density at radius 2 is 2.28 bits per heavy atom. The number of thiazole rings is 1. The molecule has 0 unspecified atom stereocenters. The summed E-state index contributed by atoms with van der Waals surface area (Å²) < 4.78 is 0.842. The molecule has 0 fully saturated rings. The molecule has 2 rings (SSSR count). The van der Waals surface area contributed by atoms with E-state index < -0.39 is 0 Å². The van der Waals surface area contributed by atoms with Crippen molar-refractivity contribution >= 4 is 55.6 Å². The van der Waals surface area contributed by atoms with Gasteiger partial charge >= 0.3 is 0 Å². The van der Waals surface area contributed by atoms with E-state index in [4.69, 9.17) is 12.2 Å². The maximum absolute atomic E-state index is 11.9. The Morgan fingerprint density at radius 3 is 2.94 bits per heavy atom. The summed E-state index contributed by atoms with van der Waals surface area (Å²) in [6, 6.07) is 7.08. The lowest BCUT2D eigenvalue weighted by Crippen LogP contribution is -2.34. The van der Waals surface area contributed by atoms with Crippen LogP contribution in [0.5, 0.6) is 0 Å². The lowest BCUT2D eigenvalue weighted by Gasteiger charge is -2.07. The third kappa shape index (κ3) is 3.59. The molecule has 0 radical (unpaired) electrons. The van der Waals surface area contributed by atoms with E-state index in [9.17, 15) is 4.79 Å². The van der Waals surface area contributed by atoms with Gasteiger partial charge in [-0.3, -0.25) is 10.1 Å². The van der Waals surface area contributed by atoms with Gasteiger partial charge in [0.2, 0.25) is 0 Å². The molecule has 7 heteroatoms. The van der Waals surface area contributed by atoms with E-state index in [0.29, 0.717) is 10.7 Å². The van der Waals surface area contributed by atoms with Crippen LogP contribution in [0, 0.1) is 0 Å². The molecule has 0 aliphatic heterocycles. The molecule has 0 atom stereocenters. The number of amides is 1. The standard InChI is InChI=1S/C11H8BrN3OS2/c12-8-3-1-2-7(6-8)9(16)14-10(17)15-11-13-4-5-18-11/h1-6H,(H2,13,14,15,16,17). The van der Waals surface area contributed by atoms with E-state index in [-0.39, 0.29) is 11.0 Å². The van der Waals surface area contributed by atoms with Crippen LogP contribution >= 0.6 is 39.5 Å². The second kappa shape index (κ2) is 6.03. The van der Waals surface area contributed by atoms with E-state index in [1.54, 1.807) is 24.4 Å². The first-order valence-corrected chi connectivity index (χ1v) is 7.00. The fourth-order valence-electron chi connectivity index (χ4n) is 1.22. The van der Waals surface area contributed by atoms with Crippen LogP contribution in [0.25, 0.3) is 0 Å². The van der Waals surface area contributed by atoms with Crippen molar-refractivity contribution in [2.45, 2.75) is 0 Å². The molecular weight excluding hydrogens is 334 g/mol. The first kappa shape index (κ1) is 13.1. The van der Waals surface area contributed by atoms with Gasteiger partial charge in [0.25, 0.3) is 5.91 Å². The molecule has 1 aromatic carbocycles. The van der Waals surface area contributed by atoms with Gasteiger partial charge in [-0.1, -0.05) is 22.0 Å². The fourth-order valence-corrected chi connectivity index (χ4v) is 2.41. The summed E-state index contributed by atoms with van der Waals surface area (Å²) in [6.07, 6.45) is 1.66. The molecule has 4 nitrogen and oxygen atoms in total. The lowest BCUT2D eigenvalue weighted by molar-refractivity contribution is 0.0977. The van der Waals surface area contributed by atoms with E-state index in [1.165, 1.54) is 11.3 Å². The van der Waals surface area contributed by atoms with Crippen molar-refractivity contribution in [3.63, 3.8) is 0 Å². The molecule has 0 aliphatic carbocycles. The van der Waals surface area contributed by atoms with Crippen molar-refractivity contribution in [3.05, 3.63) is 45.9 Å². The Kier molecular flexibility index (Phi) is 4.40. The summed E-state index contributed by atoms with van der Waals surface area (Å²) in [6.45, 7) is 0. The summed E-state index contributed by atoms with van der Waals surface area (Å²) in [5.41, 5.74) is 0.535. The van der Waals surface area contributed by atoms with Crippen molar-refractivity contribution < 1.29 is 4.79 Å². The molecule has 0 aliphatic rings. The molecule has 2 aromatic rings. The molecular formula is C11H8BrN3OS2. The monoisotopic (exact) mass is 341 g/mol. The Morgan fingerprint density at radius 1 is 1.44 bits per heavy atom. The minimum absolute atomic E-state index is 0.231. The molecule has 1 heterocycles. The van der Waals surface area contributed by atoms with Crippen molar-refractivity contribution in [1.82, 2.24) is 10.3 Å².